The van der Waals surface area contributed by atoms with E-state index in [1.807, 2.05) is 20.0 Å². The Kier molecular flexibility index (Phi) is 9.29. The zero-order valence-electron chi connectivity index (χ0n) is 22.8. The number of nitrogens with zero attached hydrogens (tertiary/aromatic N) is 4. The Hall–Kier alpha value is -3.42. The molecule has 0 spiro atoms. The summed E-state index contributed by atoms with van der Waals surface area (Å²) in [7, 11) is 0. The minimum Gasteiger partial charge on any atom is -0.478 e. The molecule has 8 heteroatoms. The van der Waals surface area contributed by atoms with Crippen LogP contribution >= 0.6 is 0 Å². The summed E-state index contributed by atoms with van der Waals surface area (Å²) in [6.07, 6.45) is 11.1. The van der Waals surface area contributed by atoms with E-state index in [2.05, 4.69) is 30.2 Å². The number of nitrogen functional groups attached to an aromatic ring is 1. The second-order valence-electron chi connectivity index (χ2n) is 10.8. The fourth-order valence-corrected chi connectivity index (χ4v) is 4.96. The van der Waals surface area contributed by atoms with Gasteiger partial charge in [0.05, 0.1) is 11.3 Å². The normalized spacial score (nSPS) is 14.2. The number of amides is 1. The number of hydrogen-bond acceptors (Lipinski definition) is 5. The molecule has 200 valence electrons. The molecule has 0 radical (unpaired) electrons. The third-order valence-electron chi connectivity index (χ3n) is 6.97. The van der Waals surface area contributed by atoms with Gasteiger partial charge in [0, 0.05) is 42.2 Å². The van der Waals surface area contributed by atoms with Crippen molar-refractivity contribution in [1.82, 2.24) is 19.3 Å². The number of aromatic nitrogens is 3. The molecule has 37 heavy (non-hydrogen) atoms. The van der Waals surface area contributed by atoms with Gasteiger partial charge < -0.3 is 20.1 Å². The maximum Gasteiger partial charge on any atom is 0.335 e. The lowest BCUT2D eigenvalue weighted by Gasteiger charge is -2.24. The molecule has 1 aliphatic rings. The predicted molar refractivity (Wildman–Crippen MR) is 147 cm³/mol. The standard InChI is InChI=1S/C19H26N2O2.C10H15N3O/c1-19(2,3)17-15(11-13-7-5-4-6-8-13)21-10-9-14(18(22)23)12-16(21)20-17;1-3-13(4-2)10(14)8-5-6-12-9(11)7-8/h9-10,12-13H,4-8,11H2,1-3H3,(H,22,23);5-7H,3-4H2,1-2H3,(H2,11,12). The lowest BCUT2D eigenvalue weighted by molar-refractivity contribution is 0.0695. The first-order chi connectivity index (χ1) is 17.5. The Morgan fingerprint density at radius 1 is 1.08 bits per heavy atom. The molecule has 1 amide bonds. The molecule has 1 saturated carbocycles. The van der Waals surface area contributed by atoms with Gasteiger partial charge in [-0.1, -0.05) is 52.9 Å². The monoisotopic (exact) mass is 507 g/mol. The van der Waals surface area contributed by atoms with Gasteiger partial charge in [0.25, 0.3) is 5.91 Å². The summed E-state index contributed by atoms with van der Waals surface area (Å²) in [6, 6.07) is 6.63. The van der Waals surface area contributed by atoms with Gasteiger partial charge in [0.2, 0.25) is 0 Å². The summed E-state index contributed by atoms with van der Waals surface area (Å²) in [5, 5.41) is 9.20. The maximum atomic E-state index is 11.8. The molecule has 0 bridgehead atoms. The second kappa shape index (κ2) is 12.2. The molecule has 1 fully saturated rings. The molecular formula is C29H41N5O3. The van der Waals surface area contributed by atoms with Crippen LogP contribution in [0.1, 0.15) is 98.8 Å². The van der Waals surface area contributed by atoms with E-state index in [0.29, 0.717) is 30.0 Å². The quantitative estimate of drug-likeness (QED) is 0.449. The highest BCUT2D eigenvalue weighted by molar-refractivity contribution is 5.94. The van der Waals surface area contributed by atoms with E-state index in [-0.39, 0.29) is 11.3 Å². The van der Waals surface area contributed by atoms with Gasteiger partial charge >= 0.3 is 5.97 Å². The Balaban J connectivity index is 0.000000233. The lowest BCUT2D eigenvalue weighted by Crippen LogP contribution is -2.30. The smallest absolute Gasteiger partial charge is 0.335 e. The Morgan fingerprint density at radius 2 is 1.76 bits per heavy atom. The number of fused-ring (bicyclic) bond motifs is 1. The van der Waals surface area contributed by atoms with Crippen LogP contribution in [0.15, 0.2) is 36.7 Å². The van der Waals surface area contributed by atoms with Crippen LogP contribution in [-0.4, -0.2) is 49.3 Å². The summed E-state index contributed by atoms with van der Waals surface area (Å²) in [6.45, 7) is 11.8. The Morgan fingerprint density at radius 3 is 2.32 bits per heavy atom. The number of nitrogens with two attached hydrogens (primary N) is 1. The Labute approximate surface area is 219 Å². The van der Waals surface area contributed by atoms with Crippen molar-refractivity contribution in [2.45, 2.75) is 78.6 Å². The van der Waals surface area contributed by atoms with E-state index in [1.165, 1.54) is 37.8 Å². The summed E-state index contributed by atoms with van der Waals surface area (Å²) < 4.78 is 2.10. The van der Waals surface area contributed by atoms with Crippen molar-refractivity contribution in [3.8, 4) is 0 Å². The van der Waals surface area contributed by atoms with Crippen molar-refractivity contribution in [1.29, 1.82) is 0 Å². The van der Waals surface area contributed by atoms with E-state index in [0.717, 1.165) is 23.7 Å². The molecule has 3 aromatic rings. The topological polar surface area (TPSA) is 114 Å². The maximum absolute atomic E-state index is 11.8. The van der Waals surface area contributed by atoms with Crippen LogP contribution in [0.3, 0.4) is 0 Å². The molecule has 3 aromatic heterocycles. The number of carboxylic acids is 1. The average molecular weight is 508 g/mol. The zero-order valence-corrected chi connectivity index (χ0v) is 22.8. The van der Waals surface area contributed by atoms with E-state index < -0.39 is 5.97 Å². The molecule has 0 aromatic carbocycles. The van der Waals surface area contributed by atoms with Crippen LogP contribution in [-0.2, 0) is 11.8 Å². The average Bonchev–Trinajstić information content (AvgIpc) is 3.24. The molecule has 3 N–H and O–H groups in total. The van der Waals surface area contributed by atoms with Crippen molar-refractivity contribution in [3.63, 3.8) is 0 Å². The molecule has 0 unspecified atom stereocenters. The van der Waals surface area contributed by atoms with Gasteiger partial charge in [0.15, 0.2) is 0 Å². The highest BCUT2D eigenvalue weighted by Gasteiger charge is 2.26. The number of carboxylic acid groups (broad SMARTS) is 1. The summed E-state index contributed by atoms with van der Waals surface area (Å²) in [5.74, 6) is 0.206. The summed E-state index contributed by atoms with van der Waals surface area (Å²) in [5.41, 5.74) is 9.47. The first-order valence-electron chi connectivity index (χ1n) is 13.3. The SMILES string of the molecule is CC(C)(C)c1nc2cc(C(=O)O)ccn2c1CC1CCCCC1.CCN(CC)C(=O)c1ccnc(N)c1. The largest absolute Gasteiger partial charge is 0.478 e. The molecular weight excluding hydrogens is 466 g/mol. The number of carbonyl (C=O) groups is 2. The molecule has 3 heterocycles. The first kappa shape index (κ1) is 28.2. The number of aromatic carboxylic acids is 1. The van der Waals surface area contributed by atoms with Crippen molar-refractivity contribution >= 4 is 23.3 Å². The lowest BCUT2D eigenvalue weighted by atomic mass is 9.83. The molecule has 8 nitrogen and oxygen atoms in total. The van der Waals surface area contributed by atoms with Crippen LogP contribution in [0, 0.1) is 5.92 Å². The summed E-state index contributed by atoms with van der Waals surface area (Å²) in [4.78, 5) is 33.4. The highest BCUT2D eigenvalue weighted by Crippen LogP contribution is 2.32. The van der Waals surface area contributed by atoms with Crippen LogP contribution in [0.5, 0.6) is 0 Å². The molecule has 0 atom stereocenters. The van der Waals surface area contributed by atoms with Crippen molar-refractivity contribution < 1.29 is 14.7 Å². The molecule has 0 aliphatic heterocycles. The molecule has 4 rings (SSSR count). The van der Waals surface area contributed by atoms with Crippen molar-refractivity contribution in [2.24, 2.45) is 5.92 Å². The number of hydrogen-bond donors (Lipinski definition) is 2. The fourth-order valence-electron chi connectivity index (χ4n) is 4.96. The van der Waals surface area contributed by atoms with E-state index in [4.69, 9.17) is 10.7 Å². The van der Waals surface area contributed by atoms with Crippen molar-refractivity contribution in [2.75, 3.05) is 18.8 Å². The van der Waals surface area contributed by atoms with Crippen LogP contribution < -0.4 is 5.73 Å². The van der Waals surface area contributed by atoms with Gasteiger partial charge in [-0.05, 0) is 50.5 Å². The number of imidazole rings is 1. The van der Waals surface area contributed by atoms with Gasteiger partial charge in [-0.15, -0.1) is 0 Å². The van der Waals surface area contributed by atoms with Gasteiger partial charge in [-0.25, -0.2) is 14.8 Å². The fraction of sp³-hybridized carbons (Fsp3) is 0.517. The summed E-state index contributed by atoms with van der Waals surface area (Å²) >= 11 is 0. The van der Waals surface area contributed by atoms with Gasteiger partial charge in [0.1, 0.15) is 11.5 Å². The second-order valence-corrected chi connectivity index (χ2v) is 10.8. The van der Waals surface area contributed by atoms with Crippen LogP contribution in [0.2, 0.25) is 0 Å². The van der Waals surface area contributed by atoms with Crippen LogP contribution in [0.4, 0.5) is 5.82 Å². The third kappa shape index (κ3) is 7.08. The number of pyridine rings is 2. The van der Waals surface area contributed by atoms with E-state index in [9.17, 15) is 14.7 Å². The van der Waals surface area contributed by atoms with E-state index in [1.54, 1.807) is 35.4 Å². The number of carbonyl (C=O) groups excluding carboxylic acids is 1. The van der Waals surface area contributed by atoms with Crippen LogP contribution in [0.25, 0.3) is 5.65 Å². The number of rotatable bonds is 6. The van der Waals surface area contributed by atoms with Gasteiger partial charge in [-0.3, -0.25) is 4.79 Å². The minimum absolute atomic E-state index is 0.00380. The zero-order chi connectivity index (χ0) is 27.2. The van der Waals surface area contributed by atoms with Gasteiger partial charge in [-0.2, -0.15) is 0 Å². The first-order valence-corrected chi connectivity index (χ1v) is 13.3. The molecule has 0 saturated heterocycles. The highest BCUT2D eigenvalue weighted by atomic mass is 16.4. The predicted octanol–water partition coefficient (Wildman–Crippen LogP) is 5.60. The van der Waals surface area contributed by atoms with E-state index >= 15 is 0 Å². The molecule has 1 aliphatic carbocycles. The third-order valence-corrected chi connectivity index (χ3v) is 6.97. The number of anilines is 1. The Bertz CT molecular complexity index is 1220. The minimum atomic E-state index is -0.901. The van der Waals surface area contributed by atoms with Crippen molar-refractivity contribution in [3.05, 3.63) is 59.2 Å².